The highest BCUT2D eigenvalue weighted by Crippen LogP contribution is 2.31. The van der Waals surface area contributed by atoms with Gasteiger partial charge in [-0.25, -0.2) is 0 Å². The lowest BCUT2D eigenvalue weighted by Gasteiger charge is -2.27. The van der Waals surface area contributed by atoms with Gasteiger partial charge in [-0.2, -0.15) is 0 Å². The highest BCUT2D eigenvalue weighted by atomic mass is 16.4. The van der Waals surface area contributed by atoms with Gasteiger partial charge < -0.3 is 10.8 Å². The van der Waals surface area contributed by atoms with Crippen molar-refractivity contribution in [1.29, 1.82) is 0 Å². The van der Waals surface area contributed by atoms with Crippen molar-refractivity contribution in [3.63, 3.8) is 0 Å². The number of benzene rings is 1. The maximum Gasteiger partial charge on any atom is 0.307 e. The van der Waals surface area contributed by atoms with Crippen LogP contribution in [0, 0.1) is 0 Å². The SMILES string of the molecule is CCC(C)(CC)c1ccc(/C(C)=C/C(=C\N)CC(=O)O)cc1. The zero-order valence-corrected chi connectivity index (χ0v) is 14.0. The Kier molecular flexibility index (Phi) is 6.41. The molecule has 120 valence electrons. The van der Waals surface area contributed by atoms with Crippen LogP contribution in [-0.2, 0) is 10.2 Å². The number of allylic oxidation sites excluding steroid dienone is 2. The highest BCUT2D eigenvalue weighted by molar-refractivity contribution is 5.74. The van der Waals surface area contributed by atoms with Crippen molar-refractivity contribution in [3.8, 4) is 0 Å². The number of nitrogens with two attached hydrogens (primary N) is 1. The third-order valence-electron chi connectivity index (χ3n) is 4.57. The van der Waals surface area contributed by atoms with Crippen LogP contribution in [0.2, 0.25) is 0 Å². The normalized spacial score (nSPS) is 13.3. The lowest BCUT2D eigenvalue weighted by Crippen LogP contribution is -2.19. The van der Waals surface area contributed by atoms with Crippen LogP contribution in [0.3, 0.4) is 0 Å². The predicted octanol–water partition coefficient (Wildman–Crippen LogP) is 4.48. The van der Waals surface area contributed by atoms with E-state index >= 15 is 0 Å². The summed E-state index contributed by atoms with van der Waals surface area (Å²) in [6, 6.07) is 8.53. The lowest BCUT2D eigenvalue weighted by molar-refractivity contribution is -0.136. The van der Waals surface area contributed by atoms with Crippen LogP contribution in [0.25, 0.3) is 5.57 Å². The molecule has 1 rings (SSSR count). The van der Waals surface area contributed by atoms with Gasteiger partial charge in [-0.05, 0) is 53.7 Å². The molecule has 0 spiro atoms. The maximum absolute atomic E-state index is 10.8. The molecule has 3 nitrogen and oxygen atoms in total. The molecule has 0 aliphatic heterocycles. The predicted molar refractivity (Wildman–Crippen MR) is 92.6 cm³/mol. The lowest BCUT2D eigenvalue weighted by atomic mass is 9.77. The van der Waals surface area contributed by atoms with E-state index in [4.69, 9.17) is 10.8 Å². The first-order valence-electron chi connectivity index (χ1n) is 7.78. The number of carbonyl (C=O) groups is 1. The molecule has 3 N–H and O–H groups in total. The number of carboxylic acid groups (broad SMARTS) is 1. The van der Waals surface area contributed by atoms with Crippen molar-refractivity contribution in [2.45, 2.75) is 52.4 Å². The molecule has 0 fully saturated rings. The molecular formula is C19H27NO2. The molecule has 0 aliphatic carbocycles. The van der Waals surface area contributed by atoms with Crippen molar-refractivity contribution < 1.29 is 9.90 Å². The van der Waals surface area contributed by atoms with E-state index in [1.807, 2.05) is 13.0 Å². The van der Waals surface area contributed by atoms with Gasteiger partial charge in [0.1, 0.15) is 0 Å². The summed E-state index contributed by atoms with van der Waals surface area (Å²) < 4.78 is 0. The van der Waals surface area contributed by atoms with Crippen LogP contribution in [0.1, 0.15) is 58.1 Å². The largest absolute Gasteiger partial charge is 0.481 e. The van der Waals surface area contributed by atoms with Crippen LogP contribution in [0.15, 0.2) is 42.1 Å². The van der Waals surface area contributed by atoms with E-state index in [-0.39, 0.29) is 11.8 Å². The number of aliphatic carboxylic acids is 1. The van der Waals surface area contributed by atoms with E-state index in [0.29, 0.717) is 5.57 Å². The number of carboxylic acids is 1. The molecule has 0 bridgehead atoms. The zero-order chi connectivity index (χ0) is 16.8. The molecule has 22 heavy (non-hydrogen) atoms. The summed E-state index contributed by atoms with van der Waals surface area (Å²) in [7, 11) is 0. The average Bonchev–Trinajstić information content (AvgIpc) is 2.53. The number of rotatable bonds is 7. The van der Waals surface area contributed by atoms with Gasteiger partial charge in [-0.15, -0.1) is 0 Å². The third-order valence-corrected chi connectivity index (χ3v) is 4.57. The Morgan fingerprint density at radius 2 is 1.77 bits per heavy atom. The summed E-state index contributed by atoms with van der Waals surface area (Å²) in [5, 5.41) is 8.85. The van der Waals surface area contributed by atoms with Gasteiger partial charge in [0.05, 0.1) is 6.42 Å². The van der Waals surface area contributed by atoms with E-state index in [0.717, 1.165) is 24.0 Å². The van der Waals surface area contributed by atoms with Crippen LogP contribution in [0.5, 0.6) is 0 Å². The fraction of sp³-hybridized carbons (Fsp3) is 0.421. The van der Waals surface area contributed by atoms with Gasteiger partial charge >= 0.3 is 5.97 Å². The number of hydrogen-bond donors (Lipinski definition) is 2. The first-order chi connectivity index (χ1) is 10.4. The minimum absolute atomic E-state index is 0.0599. The smallest absolute Gasteiger partial charge is 0.307 e. The fourth-order valence-corrected chi connectivity index (χ4v) is 2.49. The van der Waals surface area contributed by atoms with E-state index in [2.05, 4.69) is 45.0 Å². The second kappa shape index (κ2) is 7.83. The third kappa shape index (κ3) is 4.48. The Balaban J connectivity index is 3.01. The molecule has 0 aliphatic rings. The summed E-state index contributed by atoms with van der Waals surface area (Å²) in [4.78, 5) is 10.8. The van der Waals surface area contributed by atoms with Crippen molar-refractivity contribution in [3.05, 3.63) is 53.2 Å². The summed E-state index contributed by atoms with van der Waals surface area (Å²) in [6.07, 6.45) is 5.35. The van der Waals surface area contributed by atoms with Crippen LogP contribution in [0.4, 0.5) is 0 Å². The zero-order valence-electron chi connectivity index (χ0n) is 14.0. The Morgan fingerprint density at radius 1 is 1.23 bits per heavy atom. The quantitative estimate of drug-likeness (QED) is 0.730. The molecule has 0 amide bonds. The van der Waals surface area contributed by atoms with Gasteiger partial charge in [0.25, 0.3) is 0 Å². The molecule has 0 saturated heterocycles. The fourth-order valence-electron chi connectivity index (χ4n) is 2.49. The molecule has 0 atom stereocenters. The topological polar surface area (TPSA) is 63.3 Å². The van der Waals surface area contributed by atoms with Gasteiger partial charge in [0.2, 0.25) is 0 Å². The van der Waals surface area contributed by atoms with Crippen LogP contribution >= 0.6 is 0 Å². The summed E-state index contributed by atoms with van der Waals surface area (Å²) >= 11 is 0. The van der Waals surface area contributed by atoms with E-state index in [1.54, 1.807) is 0 Å². The minimum Gasteiger partial charge on any atom is -0.481 e. The average molecular weight is 301 g/mol. The molecule has 0 saturated carbocycles. The Morgan fingerprint density at radius 3 is 2.18 bits per heavy atom. The molecule has 1 aromatic carbocycles. The molecule has 1 aromatic rings. The molecular weight excluding hydrogens is 274 g/mol. The number of hydrogen-bond acceptors (Lipinski definition) is 2. The Hall–Kier alpha value is -2.03. The van der Waals surface area contributed by atoms with Gasteiger partial charge in [-0.3, -0.25) is 4.79 Å². The molecule has 0 radical (unpaired) electrons. The van der Waals surface area contributed by atoms with Crippen LogP contribution in [-0.4, -0.2) is 11.1 Å². The van der Waals surface area contributed by atoms with Crippen molar-refractivity contribution in [2.24, 2.45) is 5.73 Å². The standard InChI is InChI=1S/C19H27NO2/c1-5-19(4,6-2)17-9-7-16(8-10-17)14(3)11-15(13-20)12-18(21)22/h7-11,13H,5-6,12,20H2,1-4H3,(H,21,22)/b14-11+,15-13+. The Labute approximate surface area is 133 Å². The minimum atomic E-state index is -0.877. The van der Waals surface area contributed by atoms with Crippen molar-refractivity contribution >= 4 is 11.5 Å². The van der Waals surface area contributed by atoms with Gasteiger partial charge in [-0.1, -0.05) is 51.1 Å². The van der Waals surface area contributed by atoms with E-state index in [9.17, 15) is 4.79 Å². The molecule has 0 aromatic heterocycles. The molecule has 0 heterocycles. The summed E-state index contributed by atoms with van der Waals surface area (Å²) in [5.74, 6) is -0.877. The second-order valence-electron chi connectivity index (χ2n) is 5.98. The highest BCUT2D eigenvalue weighted by Gasteiger charge is 2.21. The van der Waals surface area contributed by atoms with Crippen LogP contribution < -0.4 is 5.73 Å². The Bertz CT molecular complexity index is 564. The first-order valence-corrected chi connectivity index (χ1v) is 7.78. The van der Waals surface area contributed by atoms with E-state index in [1.165, 1.54) is 11.8 Å². The molecule has 0 unspecified atom stereocenters. The first kappa shape index (κ1) is 18.0. The van der Waals surface area contributed by atoms with Gasteiger partial charge in [0, 0.05) is 0 Å². The van der Waals surface area contributed by atoms with E-state index < -0.39 is 5.97 Å². The molecule has 3 heteroatoms. The summed E-state index contributed by atoms with van der Waals surface area (Å²) in [6.45, 7) is 8.69. The second-order valence-corrected chi connectivity index (χ2v) is 5.98. The van der Waals surface area contributed by atoms with Crippen molar-refractivity contribution in [1.82, 2.24) is 0 Å². The maximum atomic E-state index is 10.8. The summed E-state index contributed by atoms with van der Waals surface area (Å²) in [5.41, 5.74) is 9.76. The van der Waals surface area contributed by atoms with Gasteiger partial charge in [0.15, 0.2) is 0 Å². The van der Waals surface area contributed by atoms with Crippen molar-refractivity contribution in [2.75, 3.05) is 0 Å². The monoisotopic (exact) mass is 301 g/mol.